The largest absolute Gasteiger partial charge is 0.394 e. The molecule has 3 unspecified atom stereocenters. The minimum Gasteiger partial charge on any atom is -0.394 e. The molecular formula is C11H14N4O5S. The fraction of sp³-hybridized carbons (Fsp3) is 0.455. The monoisotopic (exact) mass is 314 g/mol. The number of aromatic amines is 1. The van der Waals surface area contributed by atoms with Gasteiger partial charge in [0.05, 0.1) is 18.5 Å². The Kier molecular flexibility index (Phi) is 4.85. The Bertz CT molecular complexity index is 694. The molecule has 0 saturated carbocycles. The summed E-state index contributed by atoms with van der Waals surface area (Å²) in [5, 5.41) is 38.0. The Morgan fingerprint density at radius 3 is 2.67 bits per heavy atom. The molecule has 21 heavy (non-hydrogen) atoms. The average molecular weight is 314 g/mol. The summed E-state index contributed by atoms with van der Waals surface area (Å²) >= 11 is 1.21. The number of fused-ring (bicyclic) bond motifs is 1. The van der Waals surface area contributed by atoms with Gasteiger partial charge in [-0.25, -0.2) is 15.0 Å². The van der Waals surface area contributed by atoms with E-state index < -0.39 is 30.5 Å². The van der Waals surface area contributed by atoms with Crippen molar-refractivity contribution in [3.8, 4) is 0 Å². The normalized spacial score (nSPS) is 15.9. The first kappa shape index (κ1) is 15.8. The third kappa shape index (κ3) is 3.19. The number of aromatic nitrogens is 4. The number of hydrogen-bond donors (Lipinski definition) is 5. The molecule has 0 bridgehead atoms. The van der Waals surface area contributed by atoms with Gasteiger partial charge >= 0.3 is 0 Å². The van der Waals surface area contributed by atoms with Crippen molar-refractivity contribution >= 4 is 22.9 Å². The summed E-state index contributed by atoms with van der Waals surface area (Å²) in [6.45, 7) is -0.715. The van der Waals surface area contributed by atoms with Gasteiger partial charge in [-0.2, -0.15) is 0 Å². The molecule has 0 radical (unpaired) electrons. The lowest BCUT2D eigenvalue weighted by molar-refractivity contribution is -0.0789. The van der Waals surface area contributed by atoms with E-state index in [0.717, 1.165) is 6.20 Å². The van der Waals surface area contributed by atoms with Crippen molar-refractivity contribution < 1.29 is 20.4 Å². The van der Waals surface area contributed by atoms with Gasteiger partial charge in [0.25, 0.3) is 5.56 Å². The zero-order valence-electron chi connectivity index (χ0n) is 11.0. The van der Waals surface area contributed by atoms with Crippen molar-refractivity contribution in [1.82, 2.24) is 19.9 Å². The van der Waals surface area contributed by atoms with Crippen LogP contribution in [0.15, 0.2) is 16.1 Å². The first-order chi connectivity index (χ1) is 9.97. The van der Waals surface area contributed by atoms with Gasteiger partial charge in [-0.15, -0.1) is 0 Å². The quantitative estimate of drug-likeness (QED) is 0.317. The fourth-order valence-electron chi connectivity index (χ4n) is 1.64. The lowest BCUT2D eigenvalue weighted by Crippen LogP contribution is -2.35. The number of H-pyrrole nitrogens is 1. The van der Waals surface area contributed by atoms with Crippen molar-refractivity contribution in [2.75, 3.05) is 12.9 Å². The van der Waals surface area contributed by atoms with Crippen LogP contribution in [0.3, 0.4) is 0 Å². The number of aliphatic hydroxyl groups excluding tert-OH is 4. The molecule has 9 nitrogen and oxygen atoms in total. The third-order valence-electron chi connectivity index (χ3n) is 2.82. The van der Waals surface area contributed by atoms with E-state index in [1.807, 2.05) is 0 Å². The highest BCUT2D eigenvalue weighted by atomic mass is 32.2. The molecule has 2 rings (SSSR count). The van der Waals surface area contributed by atoms with Crippen LogP contribution in [0.2, 0.25) is 0 Å². The highest BCUT2D eigenvalue weighted by molar-refractivity contribution is 7.98. The van der Waals surface area contributed by atoms with E-state index in [1.54, 1.807) is 6.26 Å². The van der Waals surface area contributed by atoms with Gasteiger partial charge in [0.2, 0.25) is 0 Å². The van der Waals surface area contributed by atoms with E-state index in [9.17, 15) is 20.1 Å². The van der Waals surface area contributed by atoms with Gasteiger partial charge in [-0.1, -0.05) is 11.8 Å². The Balaban J connectivity index is 2.44. The third-order valence-corrected chi connectivity index (χ3v) is 3.40. The predicted molar refractivity (Wildman–Crippen MR) is 73.8 cm³/mol. The predicted octanol–water partition coefficient (Wildman–Crippen LogP) is -1.82. The van der Waals surface area contributed by atoms with Gasteiger partial charge in [0, 0.05) is 0 Å². The van der Waals surface area contributed by atoms with Crippen LogP contribution in [0, 0.1) is 0 Å². The lowest BCUT2D eigenvalue weighted by atomic mass is 10.1. The molecule has 2 heterocycles. The maximum atomic E-state index is 11.7. The van der Waals surface area contributed by atoms with Crippen LogP contribution in [-0.2, 0) is 0 Å². The molecule has 0 aromatic carbocycles. The number of aliphatic hydroxyl groups is 4. The first-order valence-corrected chi connectivity index (χ1v) is 7.16. The average Bonchev–Trinajstić information content (AvgIpc) is 2.51. The molecule has 0 spiro atoms. The number of thioether (sulfide) groups is 1. The molecular weight excluding hydrogens is 300 g/mol. The van der Waals surface area contributed by atoms with Crippen molar-refractivity contribution in [2.45, 2.75) is 23.5 Å². The van der Waals surface area contributed by atoms with Gasteiger partial charge in [0.15, 0.2) is 16.3 Å². The number of nitrogens with one attached hydrogen (secondary N) is 1. The fourth-order valence-corrected chi connectivity index (χ4v) is 2.02. The topological polar surface area (TPSA) is 152 Å². The van der Waals surface area contributed by atoms with Crippen LogP contribution < -0.4 is 5.56 Å². The van der Waals surface area contributed by atoms with Gasteiger partial charge < -0.3 is 20.4 Å². The van der Waals surface area contributed by atoms with E-state index in [4.69, 9.17) is 5.11 Å². The molecule has 0 fully saturated rings. The summed E-state index contributed by atoms with van der Waals surface area (Å²) in [5.41, 5.74) is -0.507. The second kappa shape index (κ2) is 6.45. The van der Waals surface area contributed by atoms with Crippen molar-refractivity contribution in [2.24, 2.45) is 0 Å². The van der Waals surface area contributed by atoms with Crippen LogP contribution in [0.5, 0.6) is 0 Å². The molecule has 0 aliphatic rings. The van der Waals surface area contributed by atoms with E-state index in [-0.39, 0.29) is 16.9 Å². The second-order valence-corrected chi connectivity index (χ2v) is 5.02. The number of rotatable bonds is 5. The standard InChI is InChI=1S/C11H14N4O5S/c1-21-11-14-9-6(10(20)15-11)12-2-4(13-9)7(18)8(19)5(17)3-16/h2,5,7-8,16-19H,3H2,1H3,(H,13,14,15,20). The molecule has 0 aliphatic heterocycles. The molecule has 3 atom stereocenters. The second-order valence-electron chi connectivity index (χ2n) is 4.23. The zero-order valence-corrected chi connectivity index (χ0v) is 11.8. The summed E-state index contributed by atoms with van der Waals surface area (Å²) in [5.74, 6) is 0. The summed E-state index contributed by atoms with van der Waals surface area (Å²) in [6.07, 6.45) is -1.90. The number of hydrogen-bond acceptors (Lipinski definition) is 9. The minimum absolute atomic E-state index is 0.000876. The molecule has 0 saturated heterocycles. The summed E-state index contributed by atoms with van der Waals surface area (Å²) in [4.78, 5) is 26.1. The first-order valence-electron chi connectivity index (χ1n) is 5.94. The summed E-state index contributed by atoms with van der Waals surface area (Å²) < 4.78 is 0. The zero-order chi connectivity index (χ0) is 15.6. The van der Waals surface area contributed by atoms with Crippen molar-refractivity contribution in [3.05, 3.63) is 22.2 Å². The Morgan fingerprint density at radius 1 is 1.33 bits per heavy atom. The van der Waals surface area contributed by atoms with Gasteiger partial charge in [0.1, 0.15) is 18.3 Å². The smallest absolute Gasteiger partial charge is 0.279 e. The van der Waals surface area contributed by atoms with E-state index in [1.165, 1.54) is 11.8 Å². The van der Waals surface area contributed by atoms with Crippen LogP contribution in [0.1, 0.15) is 11.8 Å². The van der Waals surface area contributed by atoms with Gasteiger partial charge in [-0.3, -0.25) is 9.78 Å². The SMILES string of the molecule is CSc1nc2nc(C(O)C(O)C(O)CO)cnc2c(=O)[nH]1. The van der Waals surface area contributed by atoms with Crippen molar-refractivity contribution in [1.29, 1.82) is 0 Å². The van der Waals surface area contributed by atoms with Crippen LogP contribution >= 0.6 is 11.8 Å². The van der Waals surface area contributed by atoms with Crippen LogP contribution in [0.4, 0.5) is 0 Å². The molecule has 10 heteroatoms. The highest BCUT2D eigenvalue weighted by Crippen LogP contribution is 2.18. The van der Waals surface area contributed by atoms with E-state index in [0.29, 0.717) is 5.16 Å². The Labute approximate surface area is 122 Å². The maximum absolute atomic E-state index is 11.7. The molecule has 2 aromatic heterocycles. The molecule has 114 valence electrons. The maximum Gasteiger partial charge on any atom is 0.279 e. The molecule has 2 aromatic rings. The molecule has 0 aliphatic carbocycles. The van der Waals surface area contributed by atoms with E-state index in [2.05, 4.69) is 19.9 Å². The Hall–Kier alpha value is -1.59. The molecule has 5 N–H and O–H groups in total. The summed E-state index contributed by atoms with van der Waals surface area (Å²) in [7, 11) is 0. The van der Waals surface area contributed by atoms with Crippen LogP contribution in [-0.4, -0.2) is 65.4 Å². The lowest BCUT2D eigenvalue weighted by Gasteiger charge is -2.20. The minimum atomic E-state index is -1.64. The van der Waals surface area contributed by atoms with Crippen LogP contribution in [0.25, 0.3) is 11.2 Å². The molecule has 0 amide bonds. The number of nitrogens with zero attached hydrogens (tertiary/aromatic N) is 3. The van der Waals surface area contributed by atoms with E-state index >= 15 is 0 Å². The highest BCUT2D eigenvalue weighted by Gasteiger charge is 2.27. The van der Waals surface area contributed by atoms with Crippen molar-refractivity contribution in [3.63, 3.8) is 0 Å². The Morgan fingerprint density at radius 2 is 2.05 bits per heavy atom. The summed E-state index contributed by atoms with van der Waals surface area (Å²) in [6, 6.07) is 0. The van der Waals surface area contributed by atoms with Gasteiger partial charge in [-0.05, 0) is 6.26 Å².